The van der Waals surface area contributed by atoms with Gasteiger partial charge in [-0.25, -0.2) is 14.2 Å². The van der Waals surface area contributed by atoms with Crippen LogP contribution in [0.15, 0.2) is 48.9 Å². The number of allylic oxidation sites excluding steroid dienone is 2. The number of imidazole rings is 1. The second kappa shape index (κ2) is 8.65. The molecule has 0 bridgehead atoms. The van der Waals surface area contributed by atoms with Gasteiger partial charge >= 0.3 is 6.03 Å². The molecule has 7 rings (SSSR count). The lowest BCUT2D eigenvalue weighted by Gasteiger charge is -2.32. The summed E-state index contributed by atoms with van der Waals surface area (Å²) in [6.07, 6.45) is -6.76. The maximum absolute atomic E-state index is 15.3. The lowest BCUT2D eigenvalue weighted by atomic mass is 9.98. The Labute approximate surface area is 232 Å². The van der Waals surface area contributed by atoms with Crippen molar-refractivity contribution in [3.8, 4) is 0 Å². The lowest BCUT2D eigenvalue weighted by molar-refractivity contribution is -0.119. The van der Waals surface area contributed by atoms with Crippen LogP contribution in [-0.2, 0) is 22.7 Å². The van der Waals surface area contributed by atoms with Gasteiger partial charge in [0, 0.05) is 75.3 Å². The monoisotopic (exact) mass is 521 g/mol. The minimum atomic E-state index is -3.69. The molecule has 0 radical (unpaired) electrons. The van der Waals surface area contributed by atoms with Crippen LogP contribution in [-0.4, -0.2) is 60.9 Å². The van der Waals surface area contributed by atoms with E-state index in [-0.39, 0.29) is 45.6 Å². The van der Waals surface area contributed by atoms with Gasteiger partial charge in [-0.15, -0.1) is 0 Å². The van der Waals surface area contributed by atoms with Crippen molar-refractivity contribution in [1.82, 2.24) is 23.8 Å². The number of ketones is 2. The SMILES string of the molecule is [2H]C1([2H])N(C(=O)N2CCn3cc(C4=C(c5cnc6ccccn56)C(=O)CC4=O)c4cc(F)cc(c43)C2)C([2H])([2H])C([2H])([2H])C([2H])([2H])C1([2H])[2H]. The molecule has 0 saturated carbocycles. The van der Waals surface area contributed by atoms with Gasteiger partial charge in [-0.05, 0) is 48.9 Å². The van der Waals surface area contributed by atoms with E-state index in [0.29, 0.717) is 16.9 Å². The molecule has 1 aliphatic carbocycles. The van der Waals surface area contributed by atoms with Crippen LogP contribution in [0.1, 0.15) is 56.1 Å². The first-order chi connectivity index (χ1) is 22.3. The standard InChI is InChI=1S/C29H26FN5O3/c30-19-12-18-16-34(29(38)32-7-3-1-4-8-32)11-10-33-17-21(20(13-19)28(18)33)26-23(36)14-24(37)27(26)22-15-31-25-6-2-5-9-35(22)25/h2,5-6,9,12-13,15,17H,1,3-4,7-8,10-11,14,16H2/i1D2,3D2,4D2,7D2,8D2. The number of carbonyl (C=O) groups excluding carboxylic acids is 3. The maximum Gasteiger partial charge on any atom is 0.320 e. The smallest absolute Gasteiger partial charge is 0.320 e. The molecule has 38 heavy (non-hydrogen) atoms. The average Bonchev–Trinajstić information content (AvgIpc) is 3.61. The lowest BCUT2D eigenvalue weighted by Crippen LogP contribution is -2.45. The van der Waals surface area contributed by atoms with Gasteiger partial charge in [0.05, 0.1) is 29.4 Å². The van der Waals surface area contributed by atoms with Crippen LogP contribution in [0.2, 0.25) is 0 Å². The third kappa shape index (κ3) is 3.48. The fraction of sp³-hybridized carbons (Fsp3) is 0.310. The zero-order chi connectivity index (χ0) is 34.9. The normalized spacial score (nSPS) is 28.8. The molecule has 5 heterocycles. The summed E-state index contributed by atoms with van der Waals surface area (Å²) < 4.78 is 101. The van der Waals surface area contributed by atoms with E-state index in [1.54, 1.807) is 39.6 Å². The topological polar surface area (TPSA) is 79.9 Å². The molecule has 3 aliphatic rings. The third-order valence-electron chi connectivity index (χ3n) is 6.98. The molecule has 4 aromatic rings. The summed E-state index contributed by atoms with van der Waals surface area (Å²) in [5.74, 6) is -1.68. The molecule has 192 valence electrons. The van der Waals surface area contributed by atoms with Crippen molar-refractivity contribution in [3.05, 3.63) is 71.6 Å². The van der Waals surface area contributed by atoms with Crippen LogP contribution >= 0.6 is 0 Å². The van der Waals surface area contributed by atoms with Crippen molar-refractivity contribution in [2.24, 2.45) is 0 Å². The van der Waals surface area contributed by atoms with E-state index in [1.165, 1.54) is 12.3 Å². The number of Topliss-reactive ketones (excluding diaryl/α,β-unsaturated/α-hetero) is 2. The first-order valence-electron chi connectivity index (χ1n) is 16.9. The van der Waals surface area contributed by atoms with E-state index in [9.17, 15) is 14.4 Å². The summed E-state index contributed by atoms with van der Waals surface area (Å²) in [4.78, 5) is 45.6. The summed E-state index contributed by atoms with van der Waals surface area (Å²) in [6, 6.07) is 6.07. The van der Waals surface area contributed by atoms with Gasteiger partial charge in [-0.1, -0.05) is 6.07 Å². The summed E-state index contributed by atoms with van der Waals surface area (Å²) in [6.45, 7) is -8.10. The number of urea groups is 1. The number of likely N-dealkylation sites (tertiary alicyclic amines) is 1. The maximum atomic E-state index is 15.3. The van der Waals surface area contributed by atoms with Gasteiger partial charge in [0.15, 0.2) is 11.6 Å². The summed E-state index contributed by atoms with van der Waals surface area (Å²) in [7, 11) is 0. The number of fused-ring (bicyclic) bond motifs is 1. The molecule has 0 spiro atoms. The fourth-order valence-corrected chi connectivity index (χ4v) is 5.40. The van der Waals surface area contributed by atoms with Crippen LogP contribution in [0.3, 0.4) is 0 Å². The number of benzene rings is 1. The van der Waals surface area contributed by atoms with Gasteiger partial charge < -0.3 is 14.4 Å². The number of pyridine rings is 1. The molecular formula is C29H26FN5O3. The van der Waals surface area contributed by atoms with Gasteiger partial charge in [0.1, 0.15) is 11.5 Å². The Morgan fingerprint density at radius 1 is 1.00 bits per heavy atom. The second-order valence-electron chi connectivity index (χ2n) is 9.18. The minimum Gasteiger partial charge on any atom is -0.345 e. The average molecular weight is 522 g/mol. The first kappa shape index (κ1) is 14.6. The Hall–Kier alpha value is -4.27. The third-order valence-corrected chi connectivity index (χ3v) is 6.98. The van der Waals surface area contributed by atoms with E-state index < -0.39 is 68.5 Å². The number of hydrogen-bond donors (Lipinski definition) is 0. The molecular weight excluding hydrogens is 485 g/mol. The summed E-state index contributed by atoms with van der Waals surface area (Å²) in [5, 5.41) is 0.244. The molecule has 3 aromatic heterocycles. The second-order valence-corrected chi connectivity index (χ2v) is 9.18. The van der Waals surface area contributed by atoms with Crippen LogP contribution in [0.4, 0.5) is 9.18 Å². The molecule has 1 aromatic carbocycles. The summed E-state index contributed by atoms with van der Waals surface area (Å²) >= 11 is 0. The van der Waals surface area contributed by atoms with Crippen LogP contribution in [0.5, 0.6) is 0 Å². The number of aromatic nitrogens is 3. The number of rotatable bonds is 2. The minimum absolute atomic E-state index is 0.0539. The Balaban J connectivity index is 1.34. The van der Waals surface area contributed by atoms with Gasteiger partial charge in [0.2, 0.25) is 0 Å². The molecule has 0 N–H and O–H groups in total. The highest BCUT2D eigenvalue weighted by atomic mass is 19.1. The Morgan fingerprint density at radius 2 is 1.82 bits per heavy atom. The number of halogens is 1. The number of amides is 2. The molecule has 8 nitrogen and oxygen atoms in total. The van der Waals surface area contributed by atoms with E-state index in [2.05, 4.69) is 4.98 Å². The van der Waals surface area contributed by atoms with Crippen molar-refractivity contribution >= 4 is 45.3 Å². The zero-order valence-corrected chi connectivity index (χ0v) is 19.8. The van der Waals surface area contributed by atoms with Crippen molar-refractivity contribution in [3.63, 3.8) is 0 Å². The summed E-state index contributed by atoms with van der Waals surface area (Å²) in [5.41, 5.74) is 1.94. The quantitative estimate of drug-likeness (QED) is 0.369. The van der Waals surface area contributed by atoms with Crippen LogP contribution in [0.25, 0.3) is 27.7 Å². The predicted molar refractivity (Wildman–Crippen MR) is 140 cm³/mol. The highest BCUT2D eigenvalue weighted by Gasteiger charge is 2.36. The van der Waals surface area contributed by atoms with Crippen molar-refractivity contribution in [2.45, 2.75) is 38.6 Å². The van der Waals surface area contributed by atoms with Crippen LogP contribution in [0, 0.1) is 5.82 Å². The number of nitrogens with zero attached hydrogens (tertiary/aromatic N) is 5. The van der Waals surface area contributed by atoms with E-state index in [4.69, 9.17) is 13.7 Å². The molecule has 1 saturated heterocycles. The van der Waals surface area contributed by atoms with Gasteiger partial charge in [0.25, 0.3) is 0 Å². The number of carbonyl (C=O) groups is 3. The van der Waals surface area contributed by atoms with E-state index in [0.717, 1.165) is 11.0 Å². The van der Waals surface area contributed by atoms with Crippen molar-refractivity contribution in [2.75, 3.05) is 19.5 Å². The fourth-order valence-electron chi connectivity index (χ4n) is 5.40. The van der Waals surface area contributed by atoms with Gasteiger partial charge in [-0.3, -0.25) is 14.0 Å². The molecule has 0 unspecified atom stereocenters. The predicted octanol–water partition coefficient (Wildman–Crippen LogP) is 4.30. The molecule has 1 fully saturated rings. The zero-order valence-electron chi connectivity index (χ0n) is 29.8. The Bertz CT molecular complexity index is 2110. The number of piperidine rings is 1. The van der Waals surface area contributed by atoms with E-state index >= 15 is 4.39 Å². The van der Waals surface area contributed by atoms with E-state index in [1.807, 2.05) is 0 Å². The Kier molecular flexibility index (Phi) is 3.32. The molecule has 2 aliphatic heterocycles. The van der Waals surface area contributed by atoms with Crippen molar-refractivity contribution < 1.29 is 32.5 Å². The highest BCUT2D eigenvalue weighted by Crippen LogP contribution is 2.41. The largest absolute Gasteiger partial charge is 0.345 e. The van der Waals surface area contributed by atoms with Crippen molar-refractivity contribution in [1.29, 1.82) is 0 Å². The van der Waals surface area contributed by atoms with Gasteiger partial charge in [-0.2, -0.15) is 0 Å². The molecule has 0 atom stereocenters. The first-order valence-corrected chi connectivity index (χ1v) is 11.9. The highest BCUT2D eigenvalue weighted by molar-refractivity contribution is 6.51. The number of hydrogen-bond acceptors (Lipinski definition) is 4. The molecule has 2 amide bonds. The van der Waals surface area contributed by atoms with Crippen LogP contribution < -0.4 is 0 Å². The molecule has 9 heteroatoms. The Morgan fingerprint density at radius 3 is 2.66 bits per heavy atom.